The first-order chi connectivity index (χ1) is 8.19. The summed E-state index contributed by atoms with van der Waals surface area (Å²) in [6.07, 6.45) is 1.75. The predicted octanol–water partition coefficient (Wildman–Crippen LogP) is 3.89. The molecule has 0 unspecified atom stereocenters. The number of aromatic nitrogens is 2. The zero-order valence-electron chi connectivity index (χ0n) is 9.45. The molecule has 0 aliphatic rings. The van der Waals surface area contributed by atoms with Gasteiger partial charge < -0.3 is 0 Å². The van der Waals surface area contributed by atoms with Crippen molar-refractivity contribution in [2.24, 2.45) is 0 Å². The molecule has 0 saturated carbocycles. The maximum Gasteiger partial charge on any atom is 0.133 e. The van der Waals surface area contributed by atoms with E-state index in [1.54, 1.807) is 18.2 Å². The number of rotatable bonds is 3. The van der Waals surface area contributed by atoms with Gasteiger partial charge in [0.15, 0.2) is 0 Å². The van der Waals surface area contributed by atoms with Crippen LogP contribution >= 0.6 is 11.6 Å². The van der Waals surface area contributed by atoms with Crippen LogP contribution in [-0.4, -0.2) is 9.97 Å². The summed E-state index contributed by atoms with van der Waals surface area (Å²) < 4.78 is 12.8. The lowest BCUT2D eigenvalue weighted by Crippen LogP contribution is -1.97. The Hall–Kier alpha value is -1.48. The minimum atomic E-state index is -0.261. The van der Waals surface area contributed by atoms with E-state index in [9.17, 15) is 4.39 Å². The minimum absolute atomic E-state index is 0.261. The zero-order valence-corrected chi connectivity index (χ0v) is 10.2. The van der Waals surface area contributed by atoms with Crippen LogP contribution in [0.25, 0.3) is 11.3 Å². The number of benzene rings is 1. The van der Waals surface area contributed by atoms with Crippen molar-refractivity contribution in [1.29, 1.82) is 0 Å². The highest BCUT2D eigenvalue weighted by molar-refractivity contribution is 6.29. The van der Waals surface area contributed by atoms with Gasteiger partial charge in [0, 0.05) is 18.1 Å². The standard InChI is InChI=1S/C13H12ClFN2/c1-2-3-13-16-11(8-12(14)17-13)9-4-6-10(15)7-5-9/h4-8H,2-3H2,1H3. The third kappa shape index (κ3) is 3.01. The molecule has 2 nitrogen and oxygen atoms in total. The molecule has 4 heteroatoms. The van der Waals surface area contributed by atoms with E-state index in [0.29, 0.717) is 5.15 Å². The Bertz CT molecular complexity index is 511. The molecule has 1 aromatic heterocycles. The molecule has 0 N–H and O–H groups in total. The fourth-order valence-corrected chi connectivity index (χ4v) is 1.77. The number of aryl methyl sites for hydroxylation is 1. The number of halogens is 2. The molecule has 0 fully saturated rings. The van der Waals surface area contributed by atoms with Crippen molar-refractivity contribution in [3.05, 3.63) is 47.1 Å². The SMILES string of the molecule is CCCc1nc(Cl)cc(-c2ccc(F)cc2)n1. The van der Waals surface area contributed by atoms with E-state index in [0.717, 1.165) is 29.9 Å². The van der Waals surface area contributed by atoms with E-state index >= 15 is 0 Å². The Kier molecular flexibility index (Phi) is 3.69. The normalized spacial score (nSPS) is 10.5. The highest BCUT2D eigenvalue weighted by Crippen LogP contribution is 2.20. The second kappa shape index (κ2) is 5.23. The summed E-state index contributed by atoms with van der Waals surface area (Å²) >= 11 is 5.94. The molecule has 2 aromatic rings. The molecule has 17 heavy (non-hydrogen) atoms. The van der Waals surface area contributed by atoms with Crippen LogP contribution < -0.4 is 0 Å². The molecule has 88 valence electrons. The monoisotopic (exact) mass is 250 g/mol. The molecule has 2 rings (SSSR count). The summed E-state index contributed by atoms with van der Waals surface area (Å²) in [4.78, 5) is 8.55. The van der Waals surface area contributed by atoms with Gasteiger partial charge in [-0.1, -0.05) is 18.5 Å². The average Bonchev–Trinajstić information content (AvgIpc) is 2.29. The second-order valence-electron chi connectivity index (χ2n) is 3.75. The summed E-state index contributed by atoms with van der Waals surface area (Å²) in [6.45, 7) is 2.06. The lowest BCUT2D eigenvalue weighted by Gasteiger charge is -2.04. The maximum absolute atomic E-state index is 12.8. The van der Waals surface area contributed by atoms with Gasteiger partial charge in [-0.3, -0.25) is 0 Å². The largest absolute Gasteiger partial charge is 0.233 e. The van der Waals surface area contributed by atoms with Crippen molar-refractivity contribution in [2.45, 2.75) is 19.8 Å². The smallest absolute Gasteiger partial charge is 0.133 e. The molecule has 0 spiro atoms. The van der Waals surface area contributed by atoms with E-state index in [-0.39, 0.29) is 5.82 Å². The lowest BCUT2D eigenvalue weighted by molar-refractivity contribution is 0.628. The molecule has 0 atom stereocenters. The molecule has 1 heterocycles. The number of hydrogen-bond acceptors (Lipinski definition) is 2. The van der Waals surface area contributed by atoms with Gasteiger partial charge in [0.05, 0.1) is 5.69 Å². The van der Waals surface area contributed by atoms with Crippen LogP contribution in [0, 0.1) is 5.82 Å². The van der Waals surface area contributed by atoms with Crippen LogP contribution in [0.15, 0.2) is 30.3 Å². The van der Waals surface area contributed by atoms with Gasteiger partial charge in [0.2, 0.25) is 0 Å². The van der Waals surface area contributed by atoms with Crippen LogP contribution in [0.4, 0.5) is 4.39 Å². The van der Waals surface area contributed by atoms with E-state index in [1.165, 1.54) is 12.1 Å². The fourth-order valence-electron chi connectivity index (χ4n) is 1.57. The first-order valence-corrected chi connectivity index (χ1v) is 5.86. The summed E-state index contributed by atoms with van der Waals surface area (Å²) in [5.74, 6) is 0.460. The summed E-state index contributed by atoms with van der Waals surface area (Å²) in [5.41, 5.74) is 1.57. The summed E-state index contributed by atoms with van der Waals surface area (Å²) in [7, 11) is 0. The first kappa shape index (κ1) is 12.0. The van der Waals surface area contributed by atoms with Gasteiger partial charge in [0.1, 0.15) is 16.8 Å². The zero-order chi connectivity index (χ0) is 12.3. The highest BCUT2D eigenvalue weighted by atomic mass is 35.5. The Morgan fingerprint density at radius 1 is 1.18 bits per heavy atom. The molecule has 0 aliphatic carbocycles. The average molecular weight is 251 g/mol. The maximum atomic E-state index is 12.8. The topological polar surface area (TPSA) is 25.8 Å². The van der Waals surface area contributed by atoms with Crippen molar-refractivity contribution < 1.29 is 4.39 Å². The molecular formula is C13H12ClFN2. The molecule has 0 saturated heterocycles. The Balaban J connectivity index is 2.40. The summed E-state index contributed by atoms with van der Waals surface area (Å²) in [6, 6.07) is 7.87. The quantitative estimate of drug-likeness (QED) is 0.773. The van der Waals surface area contributed by atoms with E-state index in [4.69, 9.17) is 11.6 Å². The lowest BCUT2D eigenvalue weighted by atomic mass is 10.1. The van der Waals surface area contributed by atoms with Gasteiger partial charge >= 0.3 is 0 Å². The Labute approximate surface area is 104 Å². The Morgan fingerprint density at radius 2 is 1.88 bits per heavy atom. The van der Waals surface area contributed by atoms with Crippen LogP contribution in [0.5, 0.6) is 0 Å². The van der Waals surface area contributed by atoms with E-state index in [1.807, 2.05) is 0 Å². The molecule has 0 bridgehead atoms. The molecular weight excluding hydrogens is 239 g/mol. The molecule has 0 amide bonds. The molecule has 1 aromatic carbocycles. The van der Waals surface area contributed by atoms with Crippen LogP contribution in [0.2, 0.25) is 5.15 Å². The van der Waals surface area contributed by atoms with Crippen molar-refractivity contribution >= 4 is 11.6 Å². The second-order valence-corrected chi connectivity index (χ2v) is 4.14. The molecule has 0 aliphatic heterocycles. The van der Waals surface area contributed by atoms with Gasteiger partial charge in [-0.25, -0.2) is 14.4 Å². The minimum Gasteiger partial charge on any atom is -0.233 e. The van der Waals surface area contributed by atoms with Gasteiger partial charge in [-0.2, -0.15) is 0 Å². The van der Waals surface area contributed by atoms with Crippen LogP contribution in [-0.2, 0) is 6.42 Å². The van der Waals surface area contributed by atoms with E-state index in [2.05, 4.69) is 16.9 Å². The molecule has 0 radical (unpaired) electrons. The third-order valence-corrected chi connectivity index (χ3v) is 2.55. The highest BCUT2D eigenvalue weighted by Gasteiger charge is 2.05. The fraction of sp³-hybridized carbons (Fsp3) is 0.231. The first-order valence-electron chi connectivity index (χ1n) is 5.48. The van der Waals surface area contributed by atoms with Crippen molar-refractivity contribution in [3.8, 4) is 11.3 Å². The van der Waals surface area contributed by atoms with Crippen molar-refractivity contribution in [2.75, 3.05) is 0 Å². The Morgan fingerprint density at radius 3 is 2.53 bits per heavy atom. The summed E-state index contributed by atoms with van der Waals surface area (Å²) in [5, 5.41) is 0.419. The van der Waals surface area contributed by atoms with Crippen LogP contribution in [0.3, 0.4) is 0 Å². The number of hydrogen-bond donors (Lipinski definition) is 0. The van der Waals surface area contributed by atoms with Gasteiger partial charge in [0.25, 0.3) is 0 Å². The predicted molar refractivity (Wildman–Crippen MR) is 66.4 cm³/mol. The third-order valence-electron chi connectivity index (χ3n) is 2.35. The number of nitrogens with zero attached hydrogens (tertiary/aromatic N) is 2. The van der Waals surface area contributed by atoms with Gasteiger partial charge in [-0.05, 0) is 30.7 Å². The van der Waals surface area contributed by atoms with Crippen LogP contribution in [0.1, 0.15) is 19.2 Å². The van der Waals surface area contributed by atoms with Crippen molar-refractivity contribution in [1.82, 2.24) is 9.97 Å². The van der Waals surface area contributed by atoms with E-state index < -0.39 is 0 Å². The van der Waals surface area contributed by atoms with Crippen molar-refractivity contribution in [3.63, 3.8) is 0 Å². The van der Waals surface area contributed by atoms with Gasteiger partial charge in [-0.15, -0.1) is 0 Å².